The minimum atomic E-state index is -4.43. The molecule has 0 unspecified atom stereocenters. The van der Waals surface area contributed by atoms with Gasteiger partial charge >= 0.3 is 6.18 Å². The number of anilines is 1. The van der Waals surface area contributed by atoms with E-state index in [9.17, 15) is 13.2 Å². The van der Waals surface area contributed by atoms with E-state index >= 15 is 0 Å². The molecule has 0 saturated carbocycles. The third-order valence-corrected chi connectivity index (χ3v) is 4.48. The van der Waals surface area contributed by atoms with E-state index < -0.39 is 11.7 Å². The molecule has 7 heteroatoms. The molecule has 2 aromatic heterocycles. The maximum atomic E-state index is 13.5. The van der Waals surface area contributed by atoms with Crippen molar-refractivity contribution in [2.75, 3.05) is 31.1 Å². The molecule has 25 heavy (non-hydrogen) atoms. The molecule has 4 nitrogen and oxygen atoms in total. The molecule has 1 fully saturated rings. The van der Waals surface area contributed by atoms with Gasteiger partial charge in [0.05, 0.1) is 11.3 Å². The van der Waals surface area contributed by atoms with Gasteiger partial charge in [-0.15, -0.1) is 0 Å². The Morgan fingerprint density at radius 2 is 1.76 bits per heavy atom. The smallest absolute Gasteiger partial charge is 0.354 e. The monoisotopic (exact) mass is 350 g/mol. The highest BCUT2D eigenvalue weighted by atomic mass is 19.4. The van der Waals surface area contributed by atoms with E-state index in [0.717, 1.165) is 19.2 Å². The summed E-state index contributed by atoms with van der Waals surface area (Å²) in [6, 6.07) is 6.46. The molecule has 0 aromatic carbocycles. The third-order valence-electron chi connectivity index (χ3n) is 4.48. The van der Waals surface area contributed by atoms with Crippen molar-refractivity contribution < 1.29 is 13.2 Å². The minimum absolute atomic E-state index is 0.0114. The summed E-state index contributed by atoms with van der Waals surface area (Å²) in [4.78, 5) is 12.4. The van der Waals surface area contributed by atoms with Crippen LogP contribution in [0.5, 0.6) is 0 Å². The van der Waals surface area contributed by atoms with Crippen molar-refractivity contribution >= 4 is 5.82 Å². The van der Waals surface area contributed by atoms with Crippen molar-refractivity contribution in [2.45, 2.75) is 26.1 Å². The summed E-state index contributed by atoms with van der Waals surface area (Å²) in [5.41, 5.74) is 0.527. The second-order valence-corrected chi connectivity index (χ2v) is 6.42. The first-order valence-electron chi connectivity index (χ1n) is 8.34. The average molecular weight is 350 g/mol. The SMILES string of the molecule is CC(C)N1CCN(c2nc(-c3cccnc3)ccc2C(F)(F)F)CC1. The Labute approximate surface area is 145 Å². The zero-order valence-electron chi connectivity index (χ0n) is 14.3. The summed E-state index contributed by atoms with van der Waals surface area (Å²) in [7, 11) is 0. The van der Waals surface area contributed by atoms with Crippen molar-refractivity contribution in [3.63, 3.8) is 0 Å². The molecule has 0 atom stereocenters. The van der Waals surface area contributed by atoms with Crippen LogP contribution in [0, 0.1) is 0 Å². The number of nitrogens with zero attached hydrogens (tertiary/aromatic N) is 4. The van der Waals surface area contributed by atoms with E-state index in [1.165, 1.54) is 6.07 Å². The summed E-state index contributed by atoms with van der Waals surface area (Å²) in [6.07, 6.45) is -1.19. The fraction of sp³-hybridized carbons (Fsp3) is 0.444. The Morgan fingerprint density at radius 1 is 1.04 bits per heavy atom. The molecule has 1 saturated heterocycles. The Kier molecular flexibility index (Phi) is 4.94. The van der Waals surface area contributed by atoms with E-state index in [1.54, 1.807) is 29.4 Å². The number of hydrogen-bond donors (Lipinski definition) is 0. The lowest BCUT2D eigenvalue weighted by atomic mass is 10.1. The number of pyridine rings is 2. The number of rotatable bonds is 3. The zero-order valence-corrected chi connectivity index (χ0v) is 14.3. The van der Waals surface area contributed by atoms with E-state index in [4.69, 9.17) is 0 Å². The van der Waals surface area contributed by atoms with Gasteiger partial charge in [-0.25, -0.2) is 4.98 Å². The third kappa shape index (κ3) is 3.92. The fourth-order valence-electron chi connectivity index (χ4n) is 3.04. The van der Waals surface area contributed by atoms with Crippen LogP contribution in [-0.4, -0.2) is 47.1 Å². The van der Waals surface area contributed by atoms with Crippen LogP contribution < -0.4 is 4.90 Å². The molecule has 3 rings (SSSR count). The predicted molar refractivity (Wildman–Crippen MR) is 91.4 cm³/mol. The molecule has 0 amide bonds. The quantitative estimate of drug-likeness (QED) is 0.845. The van der Waals surface area contributed by atoms with Crippen LogP contribution in [0.25, 0.3) is 11.3 Å². The predicted octanol–water partition coefficient (Wildman–Crippen LogP) is 3.69. The van der Waals surface area contributed by atoms with Crippen molar-refractivity contribution in [3.8, 4) is 11.3 Å². The van der Waals surface area contributed by atoms with Crippen LogP contribution >= 0.6 is 0 Å². The molecule has 0 bridgehead atoms. The summed E-state index contributed by atoms with van der Waals surface area (Å²) in [5.74, 6) is 0.0114. The first-order valence-corrected chi connectivity index (χ1v) is 8.34. The van der Waals surface area contributed by atoms with E-state index in [-0.39, 0.29) is 5.82 Å². The normalized spacial score (nSPS) is 16.5. The van der Waals surface area contributed by atoms with Gasteiger partial charge in [0.15, 0.2) is 0 Å². The van der Waals surface area contributed by atoms with Gasteiger partial charge in [0, 0.05) is 50.2 Å². The Bertz CT molecular complexity index is 708. The zero-order chi connectivity index (χ0) is 18.0. The second kappa shape index (κ2) is 7.00. The van der Waals surface area contributed by atoms with Crippen molar-refractivity contribution in [1.82, 2.24) is 14.9 Å². The molecule has 2 aromatic rings. The standard InChI is InChI=1S/C18H21F3N4/c1-13(2)24-8-10-25(11-9-24)17-15(18(19,20)21)5-6-16(23-17)14-4-3-7-22-12-14/h3-7,12-13H,8-11H2,1-2H3. The Balaban J connectivity index is 1.95. The van der Waals surface area contributed by atoms with Gasteiger partial charge in [0.1, 0.15) is 5.82 Å². The maximum absolute atomic E-state index is 13.5. The minimum Gasteiger partial charge on any atom is -0.354 e. The molecule has 0 N–H and O–H groups in total. The van der Waals surface area contributed by atoms with Gasteiger partial charge in [0.25, 0.3) is 0 Å². The van der Waals surface area contributed by atoms with Gasteiger partial charge in [-0.2, -0.15) is 13.2 Å². The van der Waals surface area contributed by atoms with Crippen molar-refractivity contribution in [2.24, 2.45) is 0 Å². The lowest BCUT2D eigenvalue weighted by Crippen LogP contribution is -2.49. The maximum Gasteiger partial charge on any atom is 0.419 e. The molecule has 0 spiro atoms. The van der Waals surface area contributed by atoms with Crippen LogP contribution in [0.4, 0.5) is 19.0 Å². The summed E-state index contributed by atoms with van der Waals surface area (Å²) < 4.78 is 40.4. The number of piperazine rings is 1. The average Bonchev–Trinajstić information content (AvgIpc) is 2.61. The Morgan fingerprint density at radius 3 is 2.32 bits per heavy atom. The van der Waals surface area contributed by atoms with E-state index in [1.807, 2.05) is 0 Å². The Hall–Kier alpha value is -2.15. The fourth-order valence-corrected chi connectivity index (χ4v) is 3.04. The molecule has 1 aliphatic rings. The van der Waals surface area contributed by atoms with Crippen LogP contribution in [0.15, 0.2) is 36.7 Å². The molecule has 1 aliphatic heterocycles. The summed E-state index contributed by atoms with van der Waals surface area (Å²) in [5, 5.41) is 0. The molecule has 134 valence electrons. The van der Waals surface area contributed by atoms with E-state index in [0.29, 0.717) is 30.4 Å². The number of alkyl halides is 3. The van der Waals surface area contributed by atoms with Crippen LogP contribution in [0.1, 0.15) is 19.4 Å². The van der Waals surface area contributed by atoms with Gasteiger partial charge in [-0.1, -0.05) is 0 Å². The first kappa shape index (κ1) is 17.7. The van der Waals surface area contributed by atoms with Crippen LogP contribution in [0.3, 0.4) is 0 Å². The van der Waals surface area contributed by atoms with Gasteiger partial charge < -0.3 is 4.90 Å². The summed E-state index contributed by atoms with van der Waals surface area (Å²) >= 11 is 0. The highest BCUT2D eigenvalue weighted by Crippen LogP contribution is 2.37. The largest absolute Gasteiger partial charge is 0.419 e. The molecular weight excluding hydrogens is 329 g/mol. The second-order valence-electron chi connectivity index (χ2n) is 6.42. The van der Waals surface area contributed by atoms with Gasteiger partial charge in [-0.05, 0) is 38.1 Å². The van der Waals surface area contributed by atoms with E-state index in [2.05, 4.69) is 28.7 Å². The van der Waals surface area contributed by atoms with Crippen molar-refractivity contribution in [3.05, 3.63) is 42.2 Å². The van der Waals surface area contributed by atoms with Gasteiger partial charge in [-0.3, -0.25) is 9.88 Å². The lowest BCUT2D eigenvalue weighted by Gasteiger charge is -2.38. The highest BCUT2D eigenvalue weighted by Gasteiger charge is 2.37. The lowest BCUT2D eigenvalue weighted by molar-refractivity contribution is -0.137. The van der Waals surface area contributed by atoms with Crippen molar-refractivity contribution in [1.29, 1.82) is 0 Å². The molecule has 0 aliphatic carbocycles. The topological polar surface area (TPSA) is 32.3 Å². The molecule has 3 heterocycles. The van der Waals surface area contributed by atoms with Gasteiger partial charge in [0.2, 0.25) is 0 Å². The van der Waals surface area contributed by atoms with Crippen LogP contribution in [0.2, 0.25) is 0 Å². The molecular formula is C18H21F3N4. The van der Waals surface area contributed by atoms with Crippen LogP contribution in [-0.2, 0) is 6.18 Å². The number of hydrogen-bond acceptors (Lipinski definition) is 4. The highest BCUT2D eigenvalue weighted by molar-refractivity contribution is 5.63. The number of halogens is 3. The first-order chi connectivity index (χ1) is 11.9. The molecule has 0 radical (unpaired) electrons. The summed E-state index contributed by atoms with van der Waals surface area (Å²) in [6.45, 7) is 6.72. The number of aromatic nitrogens is 2.